The van der Waals surface area contributed by atoms with Gasteiger partial charge in [0.05, 0.1) is 6.10 Å². The summed E-state index contributed by atoms with van der Waals surface area (Å²) in [5.41, 5.74) is 7.90. The summed E-state index contributed by atoms with van der Waals surface area (Å²) < 4.78 is 5.56. The van der Waals surface area contributed by atoms with Crippen LogP contribution in [0.1, 0.15) is 71.3 Å². The van der Waals surface area contributed by atoms with Gasteiger partial charge in [0, 0.05) is 22.4 Å². The molecule has 0 aliphatic heterocycles. The SMILES string of the molecule is CC(C)Oc1ccc(C(=O)NC(=S)NNC(=O)c2ccc(NC(=O)c3ccc(C(C)(C)C)cc3)cc2)cc1. The van der Waals surface area contributed by atoms with Gasteiger partial charge in [-0.15, -0.1) is 0 Å². The summed E-state index contributed by atoms with van der Waals surface area (Å²) >= 11 is 5.09. The molecule has 4 N–H and O–H groups in total. The zero-order valence-corrected chi connectivity index (χ0v) is 22.9. The molecular weight excluding hydrogens is 500 g/mol. The van der Waals surface area contributed by atoms with Crippen LogP contribution in [0.2, 0.25) is 0 Å². The van der Waals surface area contributed by atoms with E-state index in [2.05, 4.69) is 42.3 Å². The minimum absolute atomic E-state index is 0.00475. The first-order chi connectivity index (χ1) is 17.9. The number of rotatable bonds is 6. The van der Waals surface area contributed by atoms with Gasteiger partial charge in [-0.3, -0.25) is 30.6 Å². The number of carbonyl (C=O) groups is 3. The predicted octanol–water partition coefficient (Wildman–Crippen LogP) is 4.97. The third-order valence-electron chi connectivity index (χ3n) is 5.42. The van der Waals surface area contributed by atoms with Gasteiger partial charge in [-0.05, 0) is 97.7 Å². The fourth-order valence-corrected chi connectivity index (χ4v) is 3.52. The lowest BCUT2D eigenvalue weighted by Gasteiger charge is -2.19. The molecule has 3 aromatic carbocycles. The second-order valence-electron chi connectivity index (χ2n) is 9.91. The van der Waals surface area contributed by atoms with Crippen LogP contribution < -0.4 is 26.2 Å². The summed E-state index contributed by atoms with van der Waals surface area (Å²) in [5.74, 6) is -0.481. The van der Waals surface area contributed by atoms with Crippen molar-refractivity contribution in [2.75, 3.05) is 5.32 Å². The first-order valence-electron chi connectivity index (χ1n) is 12.1. The van der Waals surface area contributed by atoms with E-state index in [1.165, 1.54) is 0 Å². The smallest absolute Gasteiger partial charge is 0.269 e. The predicted molar refractivity (Wildman–Crippen MR) is 152 cm³/mol. The number of amides is 3. The molecule has 0 aliphatic rings. The largest absolute Gasteiger partial charge is 0.491 e. The molecule has 8 nitrogen and oxygen atoms in total. The molecule has 3 rings (SSSR count). The van der Waals surface area contributed by atoms with Crippen LogP contribution in [0.3, 0.4) is 0 Å². The molecule has 0 radical (unpaired) electrons. The Morgan fingerprint density at radius 3 is 1.76 bits per heavy atom. The van der Waals surface area contributed by atoms with Crippen molar-refractivity contribution in [3.8, 4) is 5.75 Å². The Morgan fingerprint density at radius 2 is 1.21 bits per heavy atom. The average Bonchev–Trinajstić information content (AvgIpc) is 2.87. The van der Waals surface area contributed by atoms with Crippen LogP contribution in [-0.4, -0.2) is 28.9 Å². The molecule has 198 valence electrons. The number of benzene rings is 3. The van der Waals surface area contributed by atoms with Gasteiger partial charge in [-0.1, -0.05) is 32.9 Å². The Balaban J connectivity index is 1.48. The van der Waals surface area contributed by atoms with Gasteiger partial charge in [-0.25, -0.2) is 0 Å². The van der Waals surface area contributed by atoms with Crippen LogP contribution in [0, 0.1) is 0 Å². The molecule has 0 atom stereocenters. The van der Waals surface area contributed by atoms with E-state index < -0.39 is 11.8 Å². The number of hydrazine groups is 1. The second kappa shape index (κ2) is 12.3. The molecule has 38 heavy (non-hydrogen) atoms. The van der Waals surface area contributed by atoms with E-state index >= 15 is 0 Å². The van der Waals surface area contributed by atoms with Crippen LogP contribution in [0.15, 0.2) is 72.8 Å². The topological polar surface area (TPSA) is 109 Å². The van der Waals surface area contributed by atoms with Gasteiger partial charge in [0.25, 0.3) is 17.7 Å². The maximum absolute atomic E-state index is 12.6. The van der Waals surface area contributed by atoms with Crippen molar-refractivity contribution in [2.45, 2.75) is 46.1 Å². The van der Waals surface area contributed by atoms with Crippen molar-refractivity contribution in [3.63, 3.8) is 0 Å². The van der Waals surface area contributed by atoms with Gasteiger partial charge in [0.15, 0.2) is 5.11 Å². The Kier molecular flexibility index (Phi) is 9.20. The number of nitrogens with one attached hydrogen (secondary N) is 4. The Bertz CT molecular complexity index is 1300. The molecule has 9 heteroatoms. The van der Waals surface area contributed by atoms with E-state index in [1.807, 2.05) is 26.0 Å². The molecular formula is C29H32N4O4S. The summed E-state index contributed by atoms with van der Waals surface area (Å²) in [4.78, 5) is 37.4. The molecule has 0 spiro atoms. The molecule has 0 aliphatic carbocycles. The van der Waals surface area contributed by atoms with Crippen molar-refractivity contribution in [1.29, 1.82) is 0 Å². The second-order valence-corrected chi connectivity index (χ2v) is 10.3. The molecule has 3 amide bonds. The maximum Gasteiger partial charge on any atom is 0.269 e. The van der Waals surface area contributed by atoms with Crippen molar-refractivity contribution >= 4 is 40.7 Å². The van der Waals surface area contributed by atoms with Gasteiger partial charge in [-0.2, -0.15) is 0 Å². The third kappa shape index (κ3) is 8.14. The monoisotopic (exact) mass is 532 g/mol. The highest BCUT2D eigenvalue weighted by molar-refractivity contribution is 7.80. The number of thiocarbonyl (C=S) groups is 1. The van der Waals surface area contributed by atoms with Crippen LogP contribution in [0.25, 0.3) is 0 Å². The van der Waals surface area contributed by atoms with Crippen molar-refractivity contribution in [3.05, 3.63) is 95.1 Å². The zero-order chi connectivity index (χ0) is 27.9. The normalized spacial score (nSPS) is 10.9. The molecule has 0 heterocycles. The number of anilines is 1. The maximum atomic E-state index is 12.6. The minimum Gasteiger partial charge on any atom is -0.491 e. The summed E-state index contributed by atoms with van der Waals surface area (Å²) in [6, 6.07) is 20.5. The summed E-state index contributed by atoms with van der Waals surface area (Å²) in [6.07, 6.45) is 0.0291. The first-order valence-corrected chi connectivity index (χ1v) is 12.5. The fraction of sp³-hybridized carbons (Fsp3) is 0.241. The summed E-state index contributed by atoms with van der Waals surface area (Å²) in [5, 5.41) is 5.26. The number of ether oxygens (including phenoxy) is 1. The van der Waals surface area contributed by atoms with E-state index in [0.717, 1.165) is 5.56 Å². The highest BCUT2D eigenvalue weighted by Gasteiger charge is 2.15. The van der Waals surface area contributed by atoms with Gasteiger partial charge >= 0.3 is 0 Å². The zero-order valence-electron chi connectivity index (χ0n) is 22.0. The molecule has 0 unspecified atom stereocenters. The van der Waals surface area contributed by atoms with Crippen molar-refractivity contribution in [1.82, 2.24) is 16.2 Å². The van der Waals surface area contributed by atoms with E-state index in [-0.39, 0.29) is 22.5 Å². The number of hydrogen-bond acceptors (Lipinski definition) is 5. The standard InChI is InChI=1S/C29H32N4O4S/c1-18(2)37-24-16-10-20(11-17-24)26(35)31-28(38)33-32-27(36)21-8-14-23(15-9-21)30-25(34)19-6-12-22(13-7-19)29(3,4)5/h6-18H,1-5H3,(H,30,34)(H,32,36)(H2,31,33,35,38). The summed E-state index contributed by atoms with van der Waals surface area (Å²) in [6.45, 7) is 10.2. The molecule has 0 aromatic heterocycles. The van der Waals surface area contributed by atoms with E-state index in [1.54, 1.807) is 60.7 Å². The van der Waals surface area contributed by atoms with Crippen LogP contribution in [0.5, 0.6) is 5.75 Å². The highest BCUT2D eigenvalue weighted by atomic mass is 32.1. The summed E-state index contributed by atoms with van der Waals surface area (Å²) in [7, 11) is 0. The van der Waals surface area contributed by atoms with Crippen LogP contribution in [-0.2, 0) is 5.41 Å². The number of hydrogen-bond donors (Lipinski definition) is 4. The van der Waals surface area contributed by atoms with Crippen LogP contribution >= 0.6 is 12.2 Å². The lowest BCUT2D eigenvalue weighted by molar-refractivity contribution is 0.0934. The Labute approximate surface area is 228 Å². The van der Waals surface area contributed by atoms with Gasteiger partial charge in [0.2, 0.25) is 0 Å². The van der Waals surface area contributed by atoms with Crippen molar-refractivity contribution < 1.29 is 19.1 Å². The molecule has 0 fully saturated rings. The quantitative estimate of drug-likeness (QED) is 0.264. The Morgan fingerprint density at radius 1 is 0.711 bits per heavy atom. The van der Waals surface area contributed by atoms with E-state index in [0.29, 0.717) is 28.1 Å². The van der Waals surface area contributed by atoms with Crippen LogP contribution in [0.4, 0.5) is 5.69 Å². The molecule has 0 saturated heterocycles. The average molecular weight is 533 g/mol. The van der Waals surface area contributed by atoms with E-state index in [4.69, 9.17) is 17.0 Å². The van der Waals surface area contributed by atoms with E-state index in [9.17, 15) is 14.4 Å². The first kappa shape index (κ1) is 28.3. The minimum atomic E-state index is -0.465. The fourth-order valence-electron chi connectivity index (χ4n) is 3.38. The number of carbonyl (C=O) groups excluding carboxylic acids is 3. The highest BCUT2D eigenvalue weighted by Crippen LogP contribution is 2.22. The molecule has 0 bridgehead atoms. The van der Waals surface area contributed by atoms with Gasteiger partial charge in [0.1, 0.15) is 5.75 Å². The third-order valence-corrected chi connectivity index (χ3v) is 5.63. The lowest BCUT2D eigenvalue weighted by atomic mass is 9.87. The van der Waals surface area contributed by atoms with Gasteiger partial charge < -0.3 is 10.1 Å². The molecule has 3 aromatic rings. The Hall–Kier alpha value is -4.24. The van der Waals surface area contributed by atoms with Crippen molar-refractivity contribution in [2.24, 2.45) is 0 Å². The lowest BCUT2D eigenvalue weighted by Crippen LogP contribution is -2.48. The molecule has 0 saturated carbocycles.